The van der Waals surface area contributed by atoms with Gasteiger partial charge in [0.25, 0.3) is 5.78 Å². The van der Waals surface area contributed by atoms with Crippen LogP contribution in [-0.2, 0) is 14.3 Å². The maximum Gasteiger partial charge on any atom is 0.350 e. The molecule has 11 heteroatoms. The summed E-state index contributed by atoms with van der Waals surface area (Å²) in [6.07, 6.45) is 5.15. The highest BCUT2D eigenvalue weighted by atomic mass is 32.1. The summed E-state index contributed by atoms with van der Waals surface area (Å²) in [6, 6.07) is 10.7. The van der Waals surface area contributed by atoms with E-state index in [0.29, 0.717) is 47.3 Å². The fourth-order valence-electron chi connectivity index (χ4n) is 4.72. The number of nitrogens with zero attached hydrogens (tertiary/aromatic N) is 2. The van der Waals surface area contributed by atoms with Gasteiger partial charge in [-0.1, -0.05) is 56.7 Å². The highest BCUT2D eigenvalue weighted by molar-refractivity contribution is 7.17. The second-order valence-electron chi connectivity index (χ2n) is 10.3. The molecule has 1 aromatic heterocycles. The number of Topliss-reactive ketones (excluding diaryl/α,β-unsaturated/α-hetero) is 1. The van der Waals surface area contributed by atoms with E-state index in [-0.39, 0.29) is 27.9 Å². The molecule has 1 aliphatic rings. The minimum Gasteiger partial charge on any atom is -0.507 e. The van der Waals surface area contributed by atoms with Crippen molar-refractivity contribution in [3.63, 3.8) is 0 Å². The molecule has 1 aliphatic heterocycles. The molecule has 1 amide bonds. The lowest BCUT2D eigenvalue weighted by atomic mass is 9.95. The Morgan fingerprint density at radius 3 is 2.38 bits per heavy atom. The molecule has 2 heterocycles. The zero-order chi connectivity index (χ0) is 32.5. The number of benzene rings is 2. The normalized spacial score (nSPS) is 15.6. The summed E-state index contributed by atoms with van der Waals surface area (Å²) < 4.78 is 22.4. The number of aliphatic hydroxyl groups is 1. The van der Waals surface area contributed by atoms with Crippen molar-refractivity contribution in [2.45, 2.75) is 52.5 Å². The van der Waals surface area contributed by atoms with E-state index in [0.717, 1.165) is 37.0 Å². The first kappa shape index (κ1) is 33.3. The molecule has 0 radical (unpaired) electrons. The summed E-state index contributed by atoms with van der Waals surface area (Å²) in [7, 11) is 1.50. The van der Waals surface area contributed by atoms with Crippen LogP contribution in [0.1, 0.15) is 72.1 Å². The number of carbonyl (C=O) groups excluding carboxylic acids is 3. The van der Waals surface area contributed by atoms with Crippen LogP contribution in [0.2, 0.25) is 0 Å². The van der Waals surface area contributed by atoms with Crippen LogP contribution in [0, 0.1) is 6.92 Å². The number of carbonyl (C=O) groups is 3. The van der Waals surface area contributed by atoms with Gasteiger partial charge in [-0.2, -0.15) is 0 Å². The molecule has 1 fully saturated rings. The van der Waals surface area contributed by atoms with Crippen LogP contribution in [0.3, 0.4) is 0 Å². The summed E-state index contributed by atoms with van der Waals surface area (Å²) in [4.78, 5) is 45.9. The standard InChI is InChI=1S/C34H38N2O8S/c1-6-9-18-42-24-14-11-22(12-15-24)29(37)27-28(23-13-16-25(26(20-23)41-5)43-19-10-7-2)36(32(39)30(27)38)34-35-21(4)31(45-34)33(40)44-17-8-3/h8,11-16,20,28,37H,3,6-7,9-10,17-19H2,1-2,4-5H3/t28-/m0/s1. The first-order valence-corrected chi connectivity index (χ1v) is 15.7. The third kappa shape index (κ3) is 7.37. The number of amides is 1. The Balaban J connectivity index is 1.83. The predicted molar refractivity (Wildman–Crippen MR) is 172 cm³/mol. The van der Waals surface area contributed by atoms with Gasteiger partial charge in [-0.3, -0.25) is 14.5 Å². The van der Waals surface area contributed by atoms with Crippen molar-refractivity contribution in [2.75, 3.05) is 31.8 Å². The van der Waals surface area contributed by atoms with Gasteiger partial charge in [0.1, 0.15) is 23.0 Å². The number of aryl methyl sites for hydroxylation is 1. The van der Waals surface area contributed by atoms with Crippen molar-refractivity contribution in [2.24, 2.45) is 0 Å². The van der Waals surface area contributed by atoms with E-state index in [2.05, 4.69) is 25.4 Å². The molecule has 0 unspecified atom stereocenters. The number of methoxy groups -OCH3 is 1. The molecule has 2 aromatic carbocycles. The van der Waals surface area contributed by atoms with Gasteiger partial charge in [-0.15, -0.1) is 0 Å². The summed E-state index contributed by atoms with van der Waals surface area (Å²) in [5.74, 6) is -1.26. The Bertz CT molecular complexity index is 1580. The van der Waals surface area contributed by atoms with E-state index < -0.39 is 23.7 Å². The van der Waals surface area contributed by atoms with E-state index in [1.807, 2.05) is 0 Å². The summed E-state index contributed by atoms with van der Waals surface area (Å²) in [6.45, 7) is 10.4. The second kappa shape index (κ2) is 15.4. The minimum absolute atomic E-state index is 0.00489. The van der Waals surface area contributed by atoms with Gasteiger partial charge < -0.3 is 24.1 Å². The molecule has 0 spiro atoms. The fourth-order valence-corrected chi connectivity index (χ4v) is 5.71. The van der Waals surface area contributed by atoms with Gasteiger partial charge in [0.05, 0.1) is 37.6 Å². The topological polar surface area (TPSA) is 124 Å². The quantitative estimate of drug-likeness (QED) is 0.0481. The Kier molecular flexibility index (Phi) is 11.4. The van der Waals surface area contributed by atoms with Crippen molar-refractivity contribution < 1.29 is 38.4 Å². The third-order valence-corrected chi connectivity index (χ3v) is 8.24. The first-order chi connectivity index (χ1) is 21.7. The SMILES string of the molecule is C=CCOC(=O)c1sc(N2C(=O)C(=O)C(=C(O)c3ccc(OCCCC)cc3)[C@@H]2c2ccc(OCCCC)c(OC)c2)nc1C. The van der Waals surface area contributed by atoms with Crippen molar-refractivity contribution >= 4 is 39.9 Å². The molecule has 1 N–H and O–H groups in total. The van der Waals surface area contributed by atoms with E-state index in [1.54, 1.807) is 49.4 Å². The minimum atomic E-state index is -1.09. The molecule has 45 heavy (non-hydrogen) atoms. The van der Waals surface area contributed by atoms with Gasteiger partial charge in [-0.25, -0.2) is 9.78 Å². The number of ketones is 1. The number of hydrogen-bond donors (Lipinski definition) is 1. The molecular weight excluding hydrogens is 596 g/mol. The van der Waals surface area contributed by atoms with Gasteiger partial charge >= 0.3 is 11.9 Å². The largest absolute Gasteiger partial charge is 0.507 e. The van der Waals surface area contributed by atoms with Crippen LogP contribution in [0.4, 0.5) is 5.13 Å². The highest BCUT2D eigenvalue weighted by Gasteiger charge is 2.48. The van der Waals surface area contributed by atoms with Crippen LogP contribution in [-0.4, -0.2) is 54.7 Å². The lowest BCUT2D eigenvalue weighted by Crippen LogP contribution is -2.29. The van der Waals surface area contributed by atoms with Crippen LogP contribution in [0.25, 0.3) is 5.76 Å². The van der Waals surface area contributed by atoms with Crippen molar-refractivity contribution in [1.29, 1.82) is 0 Å². The molecule has 1 saturated heterocycles. The Morgan fingerprint density at radius 2 is 1.73 bits per heavy atom. The van der Waals surface area contributed by atoms with Crippen molar-refractivity contribution in [3.05, 3.63) is 82.4 Å². The zero-order valence-corrected chi connectivity index (χ0v) is 26.8. The van der Waals surface area contributed by atoms with Crippen LogP contribution in [0.5, 0.6) is 17.2 Å². The molecule has 4 rings (SSSR count). The van der Waals surface area contributed by atoms with Crippen molar-refractivity contribution in [3.8, 4) is 17.2 Å². The van der Waals surface area contributed by atoms with Crippen LogP contribution >= 0.6 is 11.3 Å². The number of unbranched alkanes of at least 4 members (excludes halogenated alkanes) is 2. The molecule has 238 valence electrons. The Morgan fingerprint density at radius 1 is 1.04 bits per heavy atom. The molecule has 3 aromatic rings. The smallest absolute Gasteiger partial charge is 0.350 e. The summed E-state index contributed by atoms with van der Waals surface area (Å²) in [5, 5.41) is 11.7. The molecule has 0 bridgehead atoms. The average Bonchev–Trinajstić information content (AvgIpc) is 3.56. The van der Waals surface area contributed by atoms with Crippen molar-refractivity contribution in [1.82, 2.24) is 4.98 Å². The van der Waals surface area contributed by atoms with Crippen LogP contribution < -0.4 is 19.1 Å². The van der Waals surface area contributed by atoms with Gasteiger partial charge in [0, 0.05) is 5.56 Å². The average molecular weight is 635 g/mol. The van der Waals surface area contributed by atoms with E-state index in [9.17, 15) is 19.5 Å². The fraction of sp³-hybridized carbons (Fsp3) is 0.353. The molecule has 1 atom stereocenters. The van der Waals surface area contributed by atoms with Gasteiger partial charge in [0.2, 0.25) is 0 Å². The lowest BCUT2D eigenvalue weighted by molar-refractivity contribution is -0.132. The number of aliphatic hydroxyl groups excluding tert-OH is 1. The molecule has 10 nitrogen and oxygen atoms in total. The number of rotatable bonds is 15. The maximum atomic E-state index is 13.7. The summed E-state index contributed by atoms with van der Waals surface area (Å²) >= 11 is 0.923. The Hall–Kier alpha value is -4.64. The van der Waals surface area contributed by atoms with Gasteiger partial charge in [0.15, 0.2) is 16.6 Å². The van der Waals surface area contributed by atoms with E-state index in [4.69, 9.17) is 18.9 Å². The van der Waals surface area contributed by atoms with E-state index >= 15 is 0 Å². The maximum absolute atomic E-state index is 13.7. The summed E-state index contributed by atoms with van der Waals surface area (Å²) in [5.41, 5.74) is 1.00. The first-order valence-electron chi connectivity index (χ1n) is 14.9. The monoisotopic (exact) mass is 634 g/mol. The van der Waals surface area contributed by atoms with E-state index in [1.165, 1.54) is 18.1 Å². The number of hydrogen-bond acceptors (Lipinski definition) is 10. The third-order valence-electron chi connectivity index (χ3n) is 7.11. The molecular formula is C34H38N2O8S. The molecule has 0 saturated carbocycles. The molecule has 0 aliphatic carbocycles. The second-order valence-corrected chi connectivity index (χ2v) is 11.3. The predicted octanol–water partition coefficient (Wildman–Crippen LogP) is 6.79. The number of anilines is 1. The zero-order valence-electron chi connectivity index (χ0n) is 26.0. The highest BCUT2D eigenvalue weighted by Crippen LogP contribution is 2.45. The lowest BCUT2D eigenvalue weighted by Gasteiger charge is -2.24. The number of thiazole rings is 1. The Labute approximate surface area is 266 Å². The number of esters is 1. The number of aromatic nitrogens is 1. The van der Waals surface area contributed by atoms with Gasteiger partial charge in [-0.05, 0) is 61.7 Å². The number of ether oxygens (including phenoxy) is 4. The van der Waals surface area contributed by atoms with Crippen LogP contribution in [0.15, 0.2) is 60.7 Å².